The fraction of sp³-hybridized carbons (Fsp3) is 0.318. The average molecular weight is 418 g/mol. The molecule has 0 unspecified atom stereocenters. The Bertz CT molecular complexity index is 1060. The fourth-order valence-corrected chi connectivity index (χ4v) is 3.69. The number of hydrogen-bond acceptors (Lipinski definition) is 8. The molecule has 4 rings (SSSR count). The summed E-state index contributed by atoms with van der Waals surface area (Å²) in [6, 6.07) is 5.25. The lowest BCUT2D eigenvalue weighted by Crippen LogP contribution is -2.44. The first-order chi connectivity index (χ1) is 15.1. The Hall–Kier alpha value is -3.75. The van der Waals surface area contributed by atoms with E-state index in [-0.39, 0.29) is 11.7 Å². The third-order valence-electron chi connectivity index (χ3n) is 5.37. The molecular weight excluding hydrogens is 396 g/mol. The van der Waals surface area contributed by atoms with Gasteiger partial charge in [-0.1, -0.05) is 0 Å². The van der Waals surface area contributed by atoms with Crippen LogP contribution in [0, 0.1) is 0 Å². The van der Waals surface area contributed by atoms with Crippen molar-refractivity contribution in [2.45, 2.75) is 38.0 Å². The monoisotopic (exact) mass is 418 g/mol. The lowest BCUT2D eigenvalue weighted by Gasteiger charge is -2.34. The molecule has 3 aromatic rings. The van der Waals surface area contributed by atoms with Crippen molar-refractivity contribution >= 4 is 17.5 Å². The summed E-state index contributed by atoms with van der Waals surface area (Å²) in [6.07, 6.45) is 9.34. The van der Waals surface area contributed by atoms with Gasteiger partial charge in [-0.15, -0.1) is 0 Å². The molecule has 158 valence electrons. The first kappa shape index (κ1) is 20.5. The third-order valence-corrected chi connectivity index (χ3v) is 5.37. The molecule has 0 saturated heterocycles. The van der Waals surface area contributed by atoms with Gasteiger partial charge in [-0.05, 0) is 38.0 Å². The summed E-state index contributed by atoms with van der Waals surface area (Å²) in [6.45, 7) is 2.38. The van der Waals surface area contributed by atoms with Gasteiger partial charge < -0.3 is 10.1 Å². The highest BCUT2D eigenvalue weighted by atomic mass is 16.5. The van der Waals surface area contributed by atoms with Gasteiger partial charge in [0, 0.05) is 30.8 Å². The van der Waals surface area contributed by atoms with Crippen LogP contribution in [0.15, 0.2) is 49.3 Å². The maximum absolute atomic E-state index is 13.3. The van der Waals surface area contributed by atoms with Crippen molar-refractivity contribution < 1.29 is 14.3 Å². The zero-order valence-corrected chi connectivity index (χ0v) is 17.1. The second-order valence-corrected chi connectivity index (χ2v) is 7.28. The van der Waals surface area contributed by atoms with E-state index in [4.69, 9.17) is 4.74 Å². The highest BCUT2D eigenvalue weighted by molar-refractivity contribution is 5.99. The maximum atomic E-state index is 13.3. The van der Waals surface area contributed by atoms with Gasteiger partial charge in [-0.3, -0.25) is 14.6 Å². The molecule has 1 aliphatic rings. The molecule has 1 amide bonds. The maximum Gasteiger partial charge on any atom is 0.237 e. The summed E-state index contributed by atoms with van der Waals surface area (Å²) < 4.78 is 5.39. The van der Waals surface area contributed by atoms with Crippen molar-refractivity contribution in [1.29, 1.82) is 0 Å². The van der Waals surface area contributed by atoms with Crippen molar-refractivity contribution in [3.63, 3.8) is 0 Å². The minimum absolute atomic E-state index is 0.162. The van der Waals surface area contributed by atoms with Gasteiger partial charge >= 0.3 is 0 Å². The van der Waals surface area contributed by atoms with E-state index in [0.29, 0.717) is 55.4 Å². The van der Waals surface area contributed by atoms with E-state index in [1.807, 2.05) is 13.0 Å². The topological polar surface area (TPSA) is 120 Å². The SMILES string of the molecule is CCOc1cncc(-c2ccc(NC(=O)C3(c4ccncn4)CCC(=O)CC3)nc2)n1. The quantitative estimate of drug-likeness (QED) is 0.649. The summed E-state index contributed by atoms with van der Waals surface area (Å²) in [5.41, 5.74) is 1.11. The summed E-state index contributed by atoms with van der Waals surface area (Å²) in [5.74, 6) is 0.788. The number of nitrogens with zero attached hydrogens (tertiary/aromatic N) is 5. The first-order valence-electron chi connectivity index (χ1n) is 10.1. The second kappa shape index (κ2) is 8.95. The number of pyridine rings is 1. The van der Waals surface area contributed by atoms with E-state index in [9.17, 15) is 9.59 Å². The molecule has 0 bridgehead atoms. The third kappa shape index (κ3) is 4.40. The smallest absolute Gasteiger partial charge is 0.237 e. The van der Waals surface area contributed by atoms with Crippen LogP contribution in [0.2, 0.25) is 0 Å². The van der Waals surface area contributed by atoms with Gasteiger partial charge in [-0.2, -0.15) is 0 Å². The number of carbonyl (C=O) groups excluding carboxylic acids is 2. The van der Waals surface area contributed by atoms with E-state index in [2.05, 4.69) is 30.2 Å². The zero-order valence-electron chi connectivity index (χ0n) is 17.1. The van der Waals surface area contributed by atoms with E-state index in [1.54, 1.807) is 36.9 Å². The highest BCUT2D eigenvalue weighted by Crippen LogP contribution is 2.38. The molecule has 1 aliphatic carbocycles. The number of aromatic nitrogens is 5. The average Bonchev–Trinajstić information content (AvgIpc) is 2.81. The van der Waals surface area contributed by atoms with Gasteiger partial charge in [0.15, 0.2) is 0 Å². The van der Waals surface area contributed by atoms with Crippen molar-refractivity contribution in [3.8, 4) is 17.1 Å². The molecule has 0 spiro atoms. The molecule has 1 fully saturated rings. The lowest BCUT2D eigenvalue weighted by molar-refractivity contribution is -0.127. The number of Topliss-reactive ketones (excluding diaryl/α,β-unsaturated/α-hetero) is 1. The van der Waals surface area contributed by atoms with Crippen LogP contribution in [0.5, 0.6) is 5.88 Å². The number of ether oxygens (including phenoxy) is 1. The minimum Gasteiger partial charge on any atom is -0.477 e. The number of ketones is 1. The molecule has 0 radical (unpaired) electrons. The van der Waals surface area contributed by atoms with Crippen molar-refractivity contribution in [1.82, 2.24) is 24.9 Å². The molecule has 9 nitrogen and oxygen atoms in total. The molecule has 31 heavy (non-hydrogen) atoms. The van der Waals surface area contributed by atoms with Gasteiger partial charge in [-0.25, -0.2) is 19.9 Å². The van der Waals surface area contributed by atoms with Crippen molar-refractivity contribution in [3.05, 3.63) is 55.0 Å². The number of nitrogens with one attached hydrogen (secondary N) is 1. The van der Waals surface area contributed by atoms with E-state index in [1.165, 1.54) is 6.33 Å². The van der Waals surface area contributed by atoms with Crippen LogP contribution in [-0.4, -0.2) is 43.2 Å². The van der Waals surface area contributed by atoms with Crippen molar-refractivity contribution in [2.75, 3.05) is 11.9 Å². The summed E-state index contributed by atoms with van der Waals surface area (Å²) >= 11 is 0. The largest absolute Gasteiger partial charge is 0.477 e. The van der Waals surface area contributed by atoms with Gasteiger partial charge in [0.05, 0.1) is 35.8 Å². The Morgan fingerprint density at radius 1 is 1.10 bits per heavy atom. The van der Waals surface area contributed by atoms with Crippen LogP contribution < -0.4 is 10.1 Å². The van der Waals surface area contributed by atoms with E-state index < -0.39 is 5.41 Å². The van der Waals surface area contributed by atoms with Crippen LogP contribution in [0.1, 0.15) is 38.3 Å². The Labute approximate surface area is 179 Å². The molecular formula is C22H22N6O3. The fourth-order valence-electron chi connectivity index (χ4n) is 3.69. The molecule has 3 heterocycles. The molecule has 0 aliphatic heterocycles. The zero-order chi connectivity index (χ0) is 21.7. The number of carbonyl (C=O) groups is 2. The Morgan fingerprint density at radius 2 is 1.94 bits per heavy atom. The van der Waals surface area contributed by atoms with Gasteiger partial charge in [0.1, 0.15) is 17.9 Å². The van der Waals surface area contributed by atoms with Crippen LogP contribution in [-0.2, 0) is 15.0 Å². The molecule has 0 atom stereocenters. The summed E-state index contributed by atoms with van der Waals surface area (Å²) in [7, 11) is 0. The highest BCUT2D eigenvalue weighted by Gasteiger charge is 2.44. The number of amides is 1. The van der Waals surface area contributed by atoms with E-state index >= 15 is 0 Å². The molecule has 3 aromatic heterocycles. The van der Waals surface area contributed by atoms with Crippen LogP contribution in [0.3, 0.4) is 0 Å². The van der Waals surface area contributed by atoms with E-state index in [0.717, 1.165) is 5.56 Å². The Kier molecular flexibility index (Phi) is 5.92. The predicted octanol–water partition coefficient (Wildman–Crippen LogP) is 2.75. The standard InChI is InChI=1S/C22H22N6O3/c1-2-31-20-13-24-12-17(27-20)15-3-4-19(25-11-15)28-21(30)22(8-5-16(29)6-9-22)18-7-10-23-14-26-18/h3-4,7,10-14H,2,5-6,8-9H2,1H3,(H,25,28,30). The second-order valence-electron chi connectivity index (χ2n) is 7.28. The predicted molar refractivity (Wildman–Crippen MR) is 112 cm³/mol. The van der Waals surface area contributed by atoms with Gasteiger partial charge in [0.25, 0.3) is 0 Å². The normalized spacial score (nSPS) is 15.3. The number of anilines is 1. The van der Waals surface area contributed by atoms with Crippen LogP contribution >= 0.6 is 0 Å². The van der Waals surface area contributed by atoms with Crippen LogP contribution in [0.25, 0.3) is 11.3 Å². The summed E-state index contributed by atoms with van der Waals surface area (Å²) in [4.78, 5) is 46.3. The van der Waals surface area contributed by atoms with Crippen molar-refractivity contribution in [2.24, 2.45) is 0 Å². The Morgan fingerprint density at radius 3 is 2.61 bits per heavy atom. The summed E-state index contributed by atoms with van der Waals surface area (Å²) in [5, 5.41) is 2.89. The Balaban J connectivity index is 1.54. The molecule has 9 heteroatoms. The molecule has 1 N–H and O–H groups in total. The number of rotatable bonds is 6. The van der Waals surface area contributed by atoms with Crippen LogP contribution in [0.4, 0.5) is 5.82 Å². The lowest BCUT2D eigenvalue weighted by atomic mass is 9.70. The first-order valence-corrected chi connectivity index (χ1v) is 10.1. The number of hydrogen-bond donors (Lipinski definition) is 1. The molecule has 0 aromatic carbocycles. The minimum atomic E-state index is -0.880. The molecule has 1 saturated carbocycles. The van der Waals surface area contributed by atoms with Gasteiger partial charge in [0.2, 0.25) is 11.8 Å².